The minimum atomic E-state index is 0.0579. The van der Waals surface area contributed by atoms with E-state index in [-0.39, 0.29) is 11.9 Å². The van der Waals surface area contributed by atoms with Gasteiger partial charge in [-0.15, -0.1) is 0 Å². The first kappa shape index (κ1) is 15.3. The Balaban J connectivity index is 1.49. The van der Waals surface area contributed by atoms with Crippen molar-refractivity contribution in [2.75, 3.05) is 31.1 Å². The lowest BCUT2D eigenvalue weighted by Crippen LogP contribution is -3.19. The van der Waals surface area contributed by atoms with Crippen LogP contribution in [0.2, 0.25) is 0 Å². The predicted molar refractivity (Wildman–Crippen MR) is 85.8 cm³/mol. The second-order valence-electron chi connectivity index (χ2n) is 6.60. The number of quaternary nitrogens is 1. The fraction of sp³-hybridized carbons (Fsp3) is 0.647. The zero-order valence-electron chi connectivity index (χ0n) is 13.5. The van der Waals surface area contributed by atoms with Gasteiger partial charge in [0.15, 0.2) is 6.04 Å². The summed E-state index contributed by atoms with van der Waals surface area (Å²) in [7, 11) is 0. The highest BCUT2D eigenvalue weighted by atomic mass is 16.2. The summed E-state index contributed by atoms with van der Waals surface area (Å²) in [5.74, 6) is 1.41. The van der Waals surface area contributed by atoms with Crippen LogP contribution in [0.25, 0.3) is 0 Å². The van der Waals surface area contributed by atoms with Gasteiger partial charge in [-0.1, -0.05) is 18.9 Å². The Morgan fingerprint density at radius 3 is 2.68 bits per heavy atom. The van der Waals surface area contributed by atoms with Gasteiger partial charge in [-0.25, -0.2) is 4.98 Å². The SMILES string of the molecule is C[C@H](C(=O)NC1CCCC1)[NH+]1CCN(c2cccc[nH+]2)CC1. The highest BCUT2D eigenvalue weighted by molar-refractivity contribution is 5.80. The number of rotatable bonds is 4. The van der Waals surface area contributed by atoms with Crippen LogP contribution in [0.4, 0.5) is 5.82 Å². The van der Waals surface area contributed by atoms with Crippen molar-refractivity contribution in [3.63, 3.8) is 0 Å². The second-order valence-corrected chi connectivity index (χ2v) is 6.60. The second kappa shape index (κ2) is 7.09. The van der Waals surface area contributed by atoms with Crippen LogP contribution in [-0.2, 0) is 4.79 Å². The molecule has 1 aromatic rings. The molecule has 0 unspecified atom stereocenters. The molecule has 22 heavy (non-hydrogen) atoms. The first-order chi connectivity index (χ1) is 10.7. The van der Waals surface area contributed by atoms with Gasteiger partial charge in [0.05, 0.1) is 6.20 Å². The largest absolute Gasteiger partial charge is 0.348 e. The summed E-state index contributed by atoms with van der Waals surface area (Å²) in [6.45, 7) is 6.10. The molecule has 2 aliphatic rings. The summed E-state index contributed by atoms with van der Waals surface area (Å²) < 4.78 is 0. The normalized spacial score (nSPS) is 21.8. The first-order valence-electron chi connectivity index (χ1n) is 8.60. The Kier molecular flexibility index (Phi) is 4.93. The summed E-state index contributed by atoms with van der Waals surface area (Å²) in [5.41, 5.74) is 0. The molecule has 1 aliphatic carbocycles. The molecule has 0 bridgehead atoms. The average Bonchev–Trinajstić information content (AvgIpc) is 3.08. The number of piperazine rings is 1. The van der Waals surface area contributed by atoms with Crippen molar-refractivity contribution in [2.45, 2.75) is 44.7 Å². The van der Waals surface area contributed by atoms with Crippen molar-refractivity contribution in [1.29, 1.82) is 0 Å². The molecule has 120 valence electrons. The molecule has 1 saturated heterocycles. The minimum Gasteiger partial charge on any atom is -0.348 e. The fourth-order valence-corrected chi connectivity index (χ4v) is 3.63. The number of nitrogens with one attached hydrogen (secondary N) is 3. The van der Waals surface area contributed by atoms with E-state index in [1.54, 1.807) is 0 Å². The Bertz CT molecular complexity index is 479. The van der Waals surface area contributed by atoms with E-state index in [0.29, 0.717) is 6.04 Å². The van der Waals surface area contributed by atoms with Crippen molar-refractivity contribution in [2.24, 2.45) is 0 Å². The number of hydrogen-bond acceptors (Lipinski definition) is 2. The molecule has 1 aliphatic heterocycles. The van der Waals surface area contributed by atoms with Crippen molar-refractivity contribution >= 4 is 11.7 Å². The lowest BCUT2D eigenvalue weighted by atomic mass is 10.2. The quantitative estimate of drug-likeness (QED) is 0.799. The molecule has 2 heterocycles. The number of anilines is 1. The Labute approximate surface area is 132 Å². The zero-order valence-corrected chi connectivity index (χ0v) is 13.5. The summed E-state index contributed by atoms with van der Waals surface area (Å²) in [4.78, 5) is 19.5. The summed E-state index contributed by atoms with van der Waals surface area (Å²) in [5, 5.41) is 3.24. The van der Waals surface area contributed by atoms with E-state index in [9.17, 15) is 4.79 Å². The van der Waals surface area contributed by atoms with E-state index in [2.05, 4.69) is 34.3 Å². The van der Waals surface area contributed by atoms with Gasteiger partial charge < -0.3 is 10.2 Å². The third-order valence-corrected chi connectivity index (χ3v) is 5.15. The van der Waals surface area contributed by atoms with Crippen molar-refractivity contribution in [3.05, 3.63) is 24.4 Å². The smallest absolute Gasteiger partial charge is 0.278 e. The van der Waals surface area contributed by atoms with Crippen LogP contribution in [0, 0.1) is 0 Å². The molecule has 5 nitrogen and oxygen atoms in total. The Hall–Kier alpha value is -1.62. The van der Waals surface area contributed by atoms with E-state index in [0.717, 1.165) is 39.0 Å². The van der Waals surface area contributed by atoms with Gasteiger partial charge in [0, 0.05) is 12.1 Å². The van der Waals surface area contributed by atoms with E-state index < -0.39 is 0 Å². The number of nitrogens with zero attached hydrogens (tertiary/aromatic N) is 1. The first-order valence-corrected chi connectivity index (χ1v) is 8.60. The molecule has 5 heteroatoms. The molecule has 0 aromatic carbocycles. The molecule has 0 radical (unpaired) electrons. The zero-order chi connectivity index (χ0) is 15.4. The highest BCUT2D eigenvalue weighted by Gasteiger charge is 2.33. The maximum atomic E-state index is 12.4. The Morgan fingerprint density at radius 2 is 2.05 bits per heavy atom. The number of carbonyl (C=O) groups is 1. The molecule has 0 spiro atoms. The molecule has 1 saturated carbocycles. The monoisotopic (exact) mass is 304 g/mol. The lowest BCUT2D eigenvalue weighted by Gasteiger charge is -2.32. The van der Waals surface area contributed by atoms with E-state index in [4.69, 9.17) is 0 Å². The minimum absolute atomic E-state index is 0.0579. The van der Waals surface area contributed by atoms with Gasteiger partial charge in [0.2, 0.25) is 0 Å². The Morgan fingerprint density at radius 1 is 1.32 bits per heavy atom. The molecule has 3 N–H and O–H groups in total. The van der Waals surface area contributed by atoms with Gasteiger partial charge in [-0.2, -0.15) is 0 Å². The molecule has 1 aromatic heterocycles. The van der Waals surface area contributed by atoms with Gasteiger partial charge in [0.1, 0.15) is 26.2 Å². The third kappa shape index (κ3) is 3.58. The van der Waals surface area contributed by atoms with Crippen LogP contribution in [0.15, 0.2) is 24.4 Å². The number of hydrogen-bond donors (Lipinski definition) is 2. The predicted octanol–water partition coefficient (Wildman–Crippen LogP) is -0.347. The summed E-state index contributed by atoms with van der Waals surface area (Å²) >= 11 is 0. The number of amides is 1. The van der Waals surface area contributed by atoms with Crippen molar-refractivity contribution in [1.82, 2.24) is 5.32 Å². The van der Waals surface area contributed by atoms with E-state index in [1.807, 2.05) is 12.3 Å². The maximum Gasteiger partial charge on any atom is 0.278 e. The highest BCUT2D eigenvalue weighted by Crippen LogP contribution is 2.17. The molecule has 1 amide bonds. The van der Waals surface area contributed by atoms with Gasteiger partial charge in [-0.05, 0) is 25.8 Å². The van der Waals surface area contributed by atoms with E-state index in [1.165, 1.54) is 23.6 Å². The maximum absolute atomic E-state index is 12.4. The number of carbonyl (C=O) groups excluding carboxylic acids is 1. The van der Waals surface area contributed by atoms with Crippen LogP contribution in [-0.4, -0.2) is 44.2 Å². The van der Waals surface area contributed by atoms with Gasteiger partial charge in [0.25, 0.3) is 11.7 Å². The topological polar surface area (TPSA) is 50.9 Å². The fourth-order valence-electron chi connectivity index (χ4n) is 3.63. The number of aromatic amines is 1. The molecular weight excluding hydrogens is 276 g/mol. The molecule has 3 rings (SSSR count). The van der Waals surface area contributed by atoms with Crippen LogP contribution in [0.5, 0.6) is 0 Å². The molecule has 2 fully saturated rings. The van der Waals surface area contributed by atoms with Crippen LogP contribution >= 0.6 is 0 Å². The molecular formula is C17H28N4O+2. The number of H-pyrrole nitrogens is 1. The number of pyridine rings is 1. The van der Waals surface area contributed by atoms with Gasteiger partial charge >= 0.3 is 0 Å². The third-order valence-electron chi connectivity index (χ3n) is 5.15. The van der Waals surface area contributed by atoms with E-state index >= 15 is 0 Å². The summed E-state index contributed by atoms with van der Waals surface area (Å²) in [6, 6.07) is 6.65. The van der Waals surface area contributed by atoms with Crippen molar-refractivity contribution in [3.8, 4) is 0 Å². The van der Waals surface area contributed by atoms with Crippen LogP contribution in [0.1, 0.15) is 32.6 Å². The molecule has 1 atom stereocenters. The van der Waals surface area contributed by atoms with Gasteiger partial charge in [-0.3, -0.25) is 9.69 Å². The summed E-state index contributed by atoms with van der Waals surface area (Å²) in [6.07, 6.45) is 6.81. The van der Waals surface area contributed by atoms with Crippen LogP contribution < -0.4 is 20.1 Å². The average molecular weight is 304 g/mol. The van der Waals surface area contributed by atoms with Crippen molar-refractivity contribution < 1.29 is 14.7 Å². The van der Waals surface area contributed by atoms with Crippen LogP contribution in [0.3, 0.4) is 0 Å². The number of aromatic nitrogens is 1. The lowest BCUT2D eigenvalue weighted by molar-refractivity contribution is -0.914. The standard InChI is InChI=1S/C17H26N4O/c1-14(17(22)19-15-6-2-3-7-15)20-10-12-21(13-11-20)16-8-4-5-9-18-16/h4-5,8-9,14-15H,2-3,6-7,10-13H2,1H3,(H,19,22)/p+2/t14-/m1/s1.